The van der Waals surface area contributed by atoms with E-state index in [4.69, 9.17) is 27.9 Å². The first-order valence-corrected chi connectivity index (χ1v) is 8.12. The molecule has 21 heavy (non-hydrogen) atoms. The average Bonchev–Trinajstić information content (AvgIpc) is 2.48. The second-order valence-electron chi connectivity index (χ2n) is 4.32. The van der Waals surface area contributed by atoms with Gasteiger partial charge in [0.05, 0.1) is 5.02 Å². The molecule has 2 nitrogen and oxygen atoms in total. The molecule has 2 rings (SSSR count). The summed E-state index contributed by atoms with van der Waals surface area (Å²) in [5.74, 6) is 0.0220. The Bertz CT molecular complexity index is 617. The topological polar surface area (TPSA) is 26.3 Å². The van der Waals surface area contributed by atoms with Crippen LogP contribution in [0.3, 0.4) is 0 Å². The smallest absolute Gasteiger partial charge is 0.324 e. The molecule has 0 amide bonds. The summed E-state index contributed by atoms with van der Waals surface area (Å²) in [6, 6.07) is 14.6. The van der Waals surface area contributed by atoms with Gasteiger partial charge in [-0.2, -0.15) is 0 Å². The van der Waals surface area contributed by atoms with Crippen molar-refractivity contribution < 1.29 is 9.53 Å². The molecule has 0 N–H and O–H groups in total. The Morgan fingerprint density at radius 3 is 2.52 bits per heavy atom. The van der Waals surface area contributed by atoms with Gasteiger partial charge in [-0.25, -0.2) is 0 Å². The third kappa shape index (κ3) is 4.67. The van der Waals surface area contributed by atoms with Crippen LogP contribution in [0.1, 0.15) is 13.3 Å². The lowest BCUT2D eigenvalue weighted by atomic mass is 10.3. The van der Waals surface area contributed by atoms with Crippen LogP contribution in [0.2, 0.25) is 10.0 Å². The number of hydrogen-bond donors (Lipinski definition) is 0. The van der Waals surface area contributed by atoms with Gasteiger partial charge in [0.15, 0.2) is 0 Å². The number of benzene rings is 2. The first kappa shape index (κ1) is 16.2. The number of hydrogen-bond acceptors (Lipinski definition) is 3. The fourth-order valence-electron chi connectivity index (χ4n) is 1.69. The van der Waals surface area contributed by atoms with Gasteiger partial charge in [-0.1, -0.05) is 48.3 Å². The molecule has 0 aliphatic heterocycles. The van der Waals surface area contributed by atoms with Crippen LogP contribution in [0, 0.1) is 0 Å². The van der Waals surface area contributed by atoms with E-state index >= 15 is 0 Å². The molecule has 0 heterocycles. The van der Waals surface area contributed by atoms with Crippen LogP contribution < -0.4 is 4.74 Å². The number of rotatable bonds is 5. The van der Waals surface area contributed by atoms with Gasteiger partial charge in [-0.15, -0.1) is 11.8 Å². The minimum atomic E-state index is -0.310. The van der Waals surface area contributed by atoms with Gasteiger partial charge >= 0.3 is 5.97 Å². The molecule has 0 spiro atoms. The van der Waals surface area contributed by atoms with E-state index in [1.165, 1.54) is 11.8 Å². The second kappa shape index (κ2) is 7.74. The van der Waals surface area contributed by atoms with Crippen molar-refractivity contribution in [1.82, 2.24) is 0 Å². The Hall–Kier alpha value is -1.16. The third-order valence-electron chi connectivity index (χ3n) is 2.76. The first-order valence-electron chi connectivity index (χ1n) is 6.48. The van der Waals surface area contributed by atoms with Crippen LogP contribution in [-0.4, -0.2) is 11.2 Å². The van der Waals surface area contributed by atoms with E-state index in [0.717, 1.165) is 4.90 Å². The number of carbonyl (C=O) groups is 1. The molecule has 0 radical (unpaired) electrons. The molecule has 0 aliphatic rings. The third-order valence-corrected chi connectivity index (χ3v) is 4.64. The van der Waals surface area contributed by atoms with Gasteiger partial charge in [-0.3, -0.25) is 4.79 Å². The summed E-state index contributed by atoms with van der Waals surface area (Å²) in [7, 11) is 0. The largest absolute Gasteiger partial charge is 0.424 e. The molecule has 0 fully saturated rings. The highest BCUT2D eigenvalue weighted by molar-refractivity contribution is 8.00. The zero-order chi connectivity index (χ0) is 15.2. The Balaban J connectivity index is 2.06. The molecule has 1 atom stereocenters. The maximum atomic E-state index is 12.3. The minimum absolute atomic E-state index is 0.279. The predicted molar refractivity (Wildman–Crippen MR) is 88.5 cm³/mol. The van der Waals surface area contributed by atoms with Crippen molar-refractivity contribution in [2.24, 2.45) is 0 Å². The number of esters is 1. The maximum absolute atomic E-state index is 12.3. The first-order chi connectivity index (χ1) is 10.1. The average molecular weight is 341 g/mol. The summed E-state index contributed by atoms with van der Waals surface area (Å²) in [5, 5.41) is 0.556. The molecule has 5 heteroatoms. The zero-order valence-electron chi connectivity index (χ0n) is 11.4. The molecular formula is C16H14Cl2O2S. The van der Waals surface area contributed by atoms with Gasteiger partial charge in [0.2, 0.25) is 0 Å². The predicted octanol–water partition coefficient (Wildman–Crippen LogP) is 5.47. The van der Waals surface area contributed by atoms with E-state index in [1.807, 2.05) is 37.3 Å². The van der Waals surface area contributed by atoms with Crippen LogP contribution in [0.5, 0.6) is 5.75 Å². The van der Waals surface area contributed by atoms with Gasteiger partial charge in [-0.05, 0) is 36.8 Å². The molecule has 0 aromatic heterocycles. The highest BCUT2D eigenvalue weighted by atomic mass is 35.5. The van der Waals surface area contributed by atoms with Crippen molar-refractivity contribution in [3.63, 3.8) is 0 Å². The molecule has 2 aromatic carbocycles. The summed E-state index contributed by atoms with van der Waals surface area (Å²) >= 11 is 13.3. The number of ether oxygens (including phenoxy) is 1. The number of thioether (sulfide) groups is 1. The van der Waals surface area contributed by atoms with Crippen molar-refractivity contribution in [3.8, 4) is 5.75 Å². The summed E-state index contributed by atoms with van der Waals surface area (Å²) in [5.41, 5.74) is 0. The van der Waals surface area contributed by atoms with Crippen molar-refractivity contribution in [2.45, 2.75) is 23.5 Å². The molecular weight excluding hydrogens is 327 g/mol. The van der Waals surface area contributed by atoms with Crippen LogP contribution >= 0.6 is 35.0 Å². The van der Waals surface area contributed by atoms with Crippen molar-refractivity contribution >= 4 is 40.9 Å². The normalized spacial score (nSPS) is 12.0. The van der Waals surface area contributed by atoms with Crippen LogP contribution in [0.25, 0.3) is 0 Å². The van der Waals surface area contributed by atoms with E-state index in [1.54, 1.807) is 18.2 Å². The van der Waals surface area contributed by atoms with Crippen LogP contribution in [0.4, 0.5) is 0 Å². The van der Waals surface area contributed by atoms with Crippen LogP contribution in [-0.2, 0) is 4.79 Å². The lowest BCUT2D eigenvalue weighted by Gasteiger charge is -2.14. The monoisotopic (exact) mass is 340 g/mol. The highest BCUT2D eigenvalue weighted by Gasteiger charge is 2.21. The standard InChI is InChI=1S/C16H14Cl2O2S/c1-2-15(21-12-6-4-3-5-7-12)16(19)20-14-9-8-11(17)10-13(14)18/h3-10,15H,2H2,1H3. The van der Waals surface area contributed by atoms with E-state index < -0.39 is 0 Å². The SMILES string of the molecule is CCC(Sc1ccccc1)C(=O)Oc1ccc(Cl)cc1Cl. The molecule has 2 aromatic rings. The van der Waals surface area contributed by atoms with Gasteiger partial charge < -0.3 is 4.74 Å². The fourth-order valence-corrected chi connectivity index (χ4v) is 3.09. The van der Waals surface area contributed by atoms with Gasteiger partial charge in [0, 0.05) is 9.92 Å². The quantitative estimate of drug-likeness (QED) is 0.410. The van der Waals surface area contributed by atoms with Crippen molar-refractivity contribution in [2.75, 3.05) is 0 Å². The van der Waals surface area contributed by atoms with E-state index in [9.17, 15) is 4.79 Å². The summed E-state index contributed by atoms with van der Waals surface area (Å²) in [6.45, 7) is 1.95. The van der Waals surface area contributed by atoms with Gasteiger partial charge in [0.1, 0.15) is 11.0 Å². The zero-order valence-corrected chi connectivity index (χ0v) is 13.7. The molecule has 1 unspecified atom stereocenters. The van der Waals surface area contributed by atoms with E-state index in [2.05, 4.69) is 0 Å². The summed E-state index contributed by atoms with van der Waals surface area (Å²) in [6.07, 6.45) is 0.670. The number of halogens is 2. The van der Waals surface area contributed by atoms with E-state index in [0.29, 0.717) is 22.2 Å². The Kier molecular flexibility index (Phi) is 5.97. The Morgan fingerprint density at radius 2 is 1.90 bits per heavy atom. The minimum Gasteiger partial charge on any atom is -0.424 e. The van der Waals surface area contributed by atoms with Crippen molar-refractivity contribution in [1.29, 1.82) is 0 Å². The molecule has 0 saturated carbocycles. The lowest BCUT2D eigenvalue weighted by Crippen LogP contribution is -2.22. The molecule has 0 bridgehead atoms. The van der Waals surface area contributed by atoms with E-state index in [-0.39, 0.29) is 11.2 Å². The second-order valence-corrected chi connectivity index (χ2v) is 6.44. The molecule has 0 saturated heterocycles. The van der Waals surface area contributed by atoms with Gasteiger partial charge in [0.25, 0.3) is 0 Å². The lowest BCUT2D eigenvalue weighted by molar-refractivity contribution is -0.133. The van der Waals surface area contributed by atoms with Crippen LogP contribution in [0.15, 0.2) is 53.4 Å². The summed E-state index contributed by atoms with van der Waals surface area (Å²) < 4.78 is 5.38. The van der Waals surface area contributed by atoms with Crippen molar-refractivity contribution in [3.05, 3.63) is 58.6 Å². The molecule has 0 aliphatic carbocycles. The highest BCUT2D eigenvalue weighted by Crippen LogP contribution is 2.30. The number of carbonyl (C=O) groups excluding carboxylic acids is 1. The Morgan fingerprint density at radius 1 is 1.19 bits per heavy atom. The summed E-state index contributed by atoms with van der Waals surface area (Å²) in [4.78, 5) is 13.3. The Labute approximate surface area is 138 Å². The molecule has 110 valence electrons. The fraction of sp³-hybridized carbons (Fsp3) is 0.188. The maximum Gasteiger partial charge on any atom is 0.324 e.